The lowest BCUT2D eigenvalue weighted by Crippen LogP contribution is -2.63. The summed E-state index contributed by atoms with van der Waals surface area (Å²) in [6.45, 7) is 0. The van der Waals surface area contributed by atoms with Crippen LogP contribution < -0.4 is 4.72 Å². The Hall–Kier alpha value is -2.13. The standard InChI is InChI=1S/C13H17FN4O3S/c1-17(2)13(20)18(3,11(15)21-4)12(19)16-22-10-8-6-5-7-9(10)14/h5-8,15H,1-4H3/p+1. The number of nitrogens with one attached hydrogen (secondary N) is 2. The molecule has 0 bridgehead atoms. The number of ether oxygens (including phenoxy) is 1. The zero-order valence-electron chi connectivity index (χ0n) is 12.7. The van der Waals surface area contributed by atoms with Crippen molar-refractivity contribution in [2.45, 2.75) is 4.90 Å². The largest absolute Gasteiger partial charge is 0.444 e. The van der Waals surface area contributed by atoms with Gasteiger partial charge in [-0.3, -0.25) is 4.90 Å². The number of amidine groups is 1. The molecule has 9 heteroatoms. The van der Waals surface area contributed by atoms with Crippen molar-refractivity contribution in [3.05, 3.63) is 30.1 Å². The van der Waals surface area contributed by atoms with E-state index >= 15 is 0 Å². The van der Waals surface area contributed by atoms with E-state index in [4.69, 9.17) is 10.1 Å². The van der Waals surface area contributed by atoms with Crippen LogP contribution in [0.5, 0.6) is 0 Å². The smallest absolute Gasteiger partial charge is 0.439 e. The molecule has 1 atom stereocenters. The quantitative estimate of drug-likeness (QED) is 0.377. The summed E-state index contributed by atoms with van der Waals surface area (Å²) in [5, 5.41) is 7.73. The Kier molecular flexibility index (Phi) is 5.89. The van der Waals surface area contributed by atoms with Crippen molar-refractivity contribution in [3.63, 3.8) is 0 Å². The summed E-state index contributed by atoms with van der Waals surface area (Å²) in [6, 6.07) is 3.85. The Morgan fingerprint density at radius 1 is 1.36 bits per heavy atom. The van der Waals surface area contributed by atoms with Crippen LogP contribution >= 0.6 is 11.9 Å². The number of benzene rings is 1. The predicted molar refractivity (Wildman–Crippen MR) is 80.8 cm³/mol. The fourth-order valence-electron chi connectivity index (χ4n) is 1.57. The highest BCUT2D eigenvalue weighted by Gasteiger charge is 2.48. The van der Waals surface area contributed by atoms with Gasteiger partial charge in [0.1, 0.15) is 5.82 Å². The highest BCUT2D eigenvalue weighted by molar-refractivity contribution is 7.98. The van der Waals surface area contributed by atoms with E-state index in [1.54, 1.807) is 6.07 Å². The third kappa shape index (κ3) is 3.55. The van der Waals surface area contributed by atoms with E-state index < -0.39 is 28.4 Å². The minimum Gasteiger partial charge on any atom is -0.439 e. The molecule has 0 saturated carbocycles. The topological polar surface area (TPSA) is 82.5 Å². The fourth-order valence-corrected chi connectivity index (χ4v) is 2.26. The van der Waals surface area contributed by atoms with Crippen LogP contribution in [0.15, 0.2) is 29.2 Å². The lowest BCUT2D eigenvalue weighted by molar-refractivity contribution is -0.662. The van der Waals surface area contributed by atoms with Crippen LogP contribution in [-0.2, 0) is 4.74 Å². The van der Waals surface area contributed by atoms with Crippen LogP contribution in [0.25, 0.3) is 0 Å². The van der Waals surface area contributed by atoms with Crippen molar-refractivity contribution in [2.24, 2.45) is 0 Å². The molecule has 0 aliphatic rings. The second kappa shape index (κ2) is 7.23. The van der Waals surface area contributed by atoms with Gasteiger partial charge in [0.15, 0.2) is 0 Å². The van der Waals surface area contributed by atoms with E-state index in [0.717, 1.165) is 11.9 Å². The van der Waals surface area contributed by atoms with Gasteiger partial charge in [0.05, 0.1) is 19.1 Å². The summed E-state index contributed by atoms with van der Waals surface area (Å²) in [5.74, 6) is -0.497. The second-order valence-corrected chi connectivity index (χ2v) is 5.48. The van der Waals surface area contributed by atoms with Crippen LogP contribution in [0, 0.1) is 11.2 Å². The van der Waals surface area contributed by atoms with Crippen molar-refractivity contribution in [3.8, 4) is 0 Å². The number of urea groups is 2. The Balaban J connectivity index is 2.97. The number of carbonyl (C=O) groups excluding carboxylic acids is 2. The number of nitrogens with zero attached hydrogens (tertiary/aromatic N) is 2. The van der Waals surface area contributed by atoms with E-state index in [1.165, 1.54) is 51.4 Å². The van der Waals surface area contributed by atoms with E-state index in [2.05, 4.69) is 4.72 Å². The maximum atomic E-state index is 13.5. The number of hydrogen-bond donors (Lipinski definition) is 2. The average molecular weight is 329 g/mol. The normalized spacial score (nSPS) is 13.0. The summed E-state index contributed by atoms with van der Waals surface area (Å²) in [5.41, 5.74) is 0. The van der Waals surface area contributed by atoms with Gasteiger partial charge in [0, 0.05) is 14.1 Å². The number of amides is 4. The number of halogens is 1. The van der Waals surface area contributed by atoms with E-state index in [0.29, 0.717) is 0 Å². The Morgan fingerprint density at radius 2 is 1.95 bits per heavy atom. The fraction of sp³-hybridized carbons (Fsp3) is 0.308. The molecule has 2 N–H and O–H groups in total. The number of quaternary nitrogens is 1. The SMILES string of the molecule is COC(=N)[N+](C)(C(=O)NSc1ccccc1F)C(=O)N(C)C. The summed E-state index contributed by atoms with van der Waals surface area (Å²) in [7, 11) is 5.34. The third-order valence-electron chi connectivity index (χ3n) is 2.86. The van der Waals surface area contributed by atoms with Crippen molar-refractivity contribution in [1.29, 1.82) is 5.41 Å². The number of rotatable bonds is 2. The lowest BCUT2D eigenvalue weighted by Gasteiger charge is -2.28. The molecule has 7 nitrogen and oxygen atoms in total. The molecule has 0 radical (unpaired) electrons. The average Bonchev–Trinajstić information content (AvgIpc) is 2.51. The second-order valence-electron chi connectivity index (χ2n) is 4.63. The Morgan fingerprint density at radius 3 is 2.45 bits per heavy atom. The molecular weight excluding hydrogens is 311 g/mol. The number of carbonyl (C=O) groups is 2. The first-order valence-corrected chi connectivity index (χ1v) is 7.00. The van der Waals surface area contributed by atoms with Crippen LogP contribution in [0.1, 0.15) is 0 Å². The molecule has 120 valence electrons. The first-order valence-electron chi connectivity index (χ1n) is 6.18. The van der Waals surface area contributed by atoms with E-state index in [9.17, 15) is 14.0 Å². The molecule has 0 aromatic heterocycles. The van der Waals surface area contributed by atoms with Gasteiger partial charge in [-0.05, 0) is 24.1 Å². The van der Waals surface area contributed by atoms with Crippen molar-refractivity contribution in [1.82, 2.24) is 9.62 Å². The molecule has 0 saturated heterocycles. The molecule has 1 aromatic carbocycles. The van der Waals surface area contributed by atoms with Crippen LogP contribution in [-0.4, -0.2) is 55.7 Å². The van der Waals surface area contributed by atoms with Gasteiger partial charge in [0.25, 0.3) is 0 Å². The van der Waals surface area contributed by atoms with Crippen molar-refractivity contribution >= 4 is 30.0 Å². The lowest BCUT2D eigenvalue weighted by atomic mass is 10.4. The molecular formula is C13H18FN4O3S+. The van der Waals surface area contributed by atoms with Gasteiger partial charge < -0.3 is 4.74 Å². The molecule has 0 spiro atoms. The van der Waals surface area contributed by atoms with Gasteiger partial charge in [-0.15, -0.1) is 0 Å². The maximum Gasteiger partial charge on any atom is 0.444 e. The molecule has 0 aliphatic carbocycles. The van der Waals surface area contributed by atoms with E-state index in [1.807, 2.05) is 0 Å². The summed E-state index contributed by atoms with van der Waals surface area (Å²) >= 11 is 0.726. The summed E-state index contributed by atoms with van der Waals surface area (Å²) < 4.78 is 19.6. The zero-order chi connectivity index (χ0) is 16.9. The molecule has 1 unspecified atom stereocenters. The highest BCUT2D eigenvalue weighted by Crippen LogP contribution is 2.20. The molecule has 0 aliphatic heterocycles. The molecule has 1 aromatic rings. The number of methoxy groups -OCH3 is 1. The zero-order valence-corrected chi connectivity index (χ0v) is 13.5. The van der Waals surface area contributed by atoms with Crippen LogP contribution in [0.2, 0.25) is 0 Å². The first-order chi connectivity index (χ1) is 10.2. The van der Waals surface area contributed by atoms with Gasteiger partial charge in [-0.1, -0.05) is 16.6 Å². The van der Waals surface area contributed by atoms with E-state index in [-0.39, 0.29) is 4.90 Å². The Labute approximate surface area is 132 Å². The molecule has 0 heterocycles. The van der Waals surface area contributed by atoms with Crippen molar-refractivity contribution in [2.75, 3.05) is 28.3 Å². The summed E-state index contributed by atoms with van der Waals surface area (Å²) in [6.07, 6.45) is 0. The van der Waals surface area contributed by atoms with Gasteiger partial charge >= 0.3 is 18.1 Å². The van der Waals surface area contributed by atoms with Crippen LogP contribution in [0.4, 0.5) is 14.0 Å². The molecule has 22 heavy (non-hydrogen) atoms. The predicted octanol–water partition coefficient (Wildman–Crippen LogP) is 2.25. The minimum absolute atomic E-state index is 0.198. The Bertz CT molecular complexity index is 596. The minimum atomic E-state index is -1.05. The monoisotopic (exact) mass is 329 g/mol. The number of hydrogen-bond acceptors (Lipinski definition) is 5. The van der Waals surface area contributed by atoms with Crippen molar-refractivity contribution < 1.29 is 23.2 Å². The van der Waals surface area contributed by atoms with Gasteiger partial charge in [-0.25, -0.2) is 24.1 Å². The number of imide groups is 1. The molecule has 0 fully saturated rings. The third-order valence-corrected chi connectivity index (χ3v) is 3.68. The first kappa shape index (κ1) is 17.9. The van der Waals surface area contributed by atoms with Crippen LogP contribution in [0.3, 0.4) is 0 Å². The molecule has 1 rings (SSSR count). The van der Waals surface area contributed by atoms with Gasteiger partial charge in [0.2, 0.25) is 0 Å². The van der Waals surface area contributed by atoms with Gasteiger partial charge in [-0.2, -0.15) is 0 Å². The highest BCUT2D eigenvalue weighted by atomic mass is 32.2. The molecule has 4 amide bonds. The maximum absolute atomic E-state index is 13.5. The summed E-state index contributed by atoms with van der Waals surface area (Å²) in [4.78, 5) is 25.9.